The zero-order valence-corrected chi connectivity index (χ0v) is 12.1. The Morgan fingerprint density at radius 2 is 2.12 bits per heavy atom. The van der Waals surface area contributed by atoms with Gasteiger partial charge in [0.05, 0.1) is 0 Å². The van der Waals surface area contributed by atoms with Gasteiger partial charge < -0.3 is 11.1 Å². The van der Waals surface area contributed by atoms with Crippen LogP contribution in [0.25, 0.3) is 0 Å². The molecule has 16 heavy (non-hydrogen) atoms. The van der Waals surface area contributed by atoms with Crippen LogP contribution < -0.4 is 11.1 Å². The van der Waals surface area contributed by atoms with E-state index in [2.05, 4.69) is 12.2 Å². The lowest BCUT2D eigenvalue weighted by Gasteiger charge is -2.19. The predicted molar refractivity (Wildman–Crippen MR) is 75.3 cm³/mol. The van der Waals surface area contributed by atoms with E-state index in [1.54, 1.807) is 11.8 Å². The standard InChI is InChI=1S/C11H24N2OS.ClH/c1-4-5-6-10(7-12)13-11(14)9(2)8-15-3;/h9-10H,4-8,12H2,1-3H3,(H,13,14);1H. The zero-order chi connectivity index (χ0) is 11.7. The molecule has 0 rings (SSSR count). The summed E-state index contributed by atoms with van der Waals surface area (Å²) < 4.78 is 0. The summed E-state index contributed by atoms with van der Waals surface area (Å²) in [6.07, 6.45) is 5.28. The van der Waals surface area contributed by atoms with Crippen LogP contribution >= 0.6 is 24.2 Å². The van der Waals surface area contributed by atoms with E-state index in [-0.39, 0.29) is 30.3 Å². The normalized spacial score (nSPS) is 13.8. The van der Waals surface area contributed by atoms with Gasteiger partial charge in [0.15, 0.2) is 0 Å². The average molecular weight is 269 g/mol. The van der Waals surface area contributed by atoms with Crippen LogP contribution in [0.1, 0.15) is 33.1 Å². The Morgan fingerprint density at radius 1 is 1.50 bits per heavy atom. The number of hydrogen-bond donors (Lipinski definition) is 2. The van der Waals surface area contributed by atoms with Crippen LogP contribution in [-0.2, 0) is 4.79 Å². The average Bonchev–Trinajstić information content (AvgIpc) is 2.24. The number of thioether (sulfide) groups is 1. The molecular weight excluding hydrogens is 244 g/mol. The van der Waals surface area contributed by atoms with Gasteiger partial charge in [0, 0.05) is 24.3 Å². The first-order valence-electron chi connectivity index (χ1n) is 5.65. The van der Waals surface area contributed by atoms with E-state index in [0.717, 1.165) is 25.0 Å². The molecule has 0 saturated carbocycles. The van der Waals surface area contributed by atoms with Crippen molar-refractivity contribution in [3.63, 3.8) is 0 Å². The molecule has 0 aliphatic heterocycles. The van der Waals surface area contributed by atoms with Crippen LogP contribution in [0.15, 0.2) is 0 Å². The van der Waals surface area contributed by atoms with Crippen LogP contribution in [0.4, 0.5) is 0 Å². The van der Waals surface area contributed by atoms with Crippen molar-refractivity contribution in [1.29, 1.82) is 0 Å². The lowest BCUT2D eigenvalue weighted by Crippen LogP contribution is -2.43. The number of rotatable bonds is 8. The first-order chi connectivity index (χ1) is 7.15. The molecular formula is C11H25ClN2OS. The van der Waals surface area contributed by atoms with E-state index in [9.17, 15) is 4.79 Å². The molecule has 2 unspecified atom stereocenters. The third-order valence-electron chi connectivity index (χ3n) is 2.40. The Labute approximate surface area is 110 Å². The van der Waals surface area contributed by atoms with Crippen LogP contribution in [0.3, 0.4) is 0 Å². The minimum absolute atomic E-state index is 0. The summed E-state index contributed by atoms with van der Waals surface area (Å²) in [6.45, 7) is 4.64. The summed E-state index contributed by atoms with van der Waals surface area (Å²) in [6, 6.07) is 0.154. The molecule has 0 radical (unpaired) electrons. The number of halogens is 1. The summed E-state index contributed by atoms with van der Waals surface area (Å²) in [5.74, 6) is 1.09. The maximum absolute atomic E-state index is 11.7. The van der Waals surface area contributed by atoms with E-state index >= 15 is 0 Å². The number of hydrogen-bond acceptors (Lipinski definition) is 3. The zero-order valence-electron chi connectivity index (χ0n) is 10.5. The molecule has 5 heteroatoms. The number of unbranched alkanes of at least 4 members (excludes halogenated alkanes) is 1. The van der Waals surface area contributed by atoms with Gasteiger partial charge in [-0.05, 0) is 12.7 Å². The van der Waals surface area contributed by atoms with Crippen molar-refractivity contribution in [1.82, 2.24) is 5.32 Å². The fourth-order valence-electron chi connectivity index (χ4n) is 1.37. The molecule has 98 valence electrons. The molecule has 0 bridgehead atoms. The Hall–Kier alpha value is 0.0700. The third kappa shape index (κ3) is 8.25. The predicted octanol–water partition coefficient (Wildman–Crippen LogP) is 2.04. The largest absolute Gasteiger partial charge is 0.352 e. The molecule has 0 aromatic heterocycles. The molecule has 0 fully saturated rings. The molecule has 0 aromatic carbocycles. The first-order valence-corrected chi connectivity index (χ1v) is 7.04. The van der Waals surface area contributed by atoms with E-state index in [4.69, 9.17) is 5.73 Å². The Balaban J connectivity index is 0. The molecule has 0 saturated heterocycles. The summed E-state index contributed by atoms with van der Waals surface area (Å²) >= 11 is 1.70. The summed E-state index contributed by atoms with van der Waals surface area (Å²) in [5, 5.41) is 3.01. The van der Waals surface area contributed by atoms with Crippen molar-refractivity contribution >= 4 is 30.1 Å². The fraction of sp³-hybridized carbons (Fsp3) is 0.909. The van der Waals surface area contributed by atoms with Gasteiger partial charge in [-0.3, -0.25) is 4.79 Å². The highest BCUT2D eigenvalue weighted by molar-refractivity contribution is 7.98. The van der Waals surface area contributed by atoms with Crippen molar-refractivity contribution in [2.24, 2.45) is 11.7 Å². The number of amides is 1. The molecule has 2 atom stereocenters. The van der Waals surface area contributed by atoms with Gasteiger partial charge in [-0.2, -0.15) is 11.8 Å². The molecule has 0 aromatic rings. The van der Waals surface area contributed by atoms with Crippen LogP contribution in [0.5, 0.6) is 0 Å². The Morgan fingerprint density at radius 3 is 2.56 bits per heavy atom. The topological polar surface area (TPSA) is 55.1 Å². The van der Waals surface area contributed by atoms with Crippen molar-refractivity contribution in [2.45, 2.75) is 39.2 Å². The van der Waals surface area contributed by atoms with Gasteiger partial charge >= 0.3 is 0 Å². The van der Waals surface area contributed by atoms with Gasteiger partial charge in [-0.1, -0.05) is 26.7 Å². The van der Waals surface area contributed by atoms with E-state index in [0.29, 0.717) is 6.54 Å². The number of nitrogens with one attached hydrogen (secondary N) is 1. The highest BCUT2D eigenvalue weighted by Crippen LogP contribution is 2.06. The minimum atomic E-state index is 0. The molecule has 3 N–H and O–H groups in total. The fourth-order valence-corrected chi connectivity index (χ4v) is 2.02. The van der Waals surface area contributed by atoms with E-state index in [1.165, 1.54) is 0 Å². The van der Waals surface area contributed by atoms with Crippen molar-refractivity contribution < 1.29 is 4.79 Å². The quantitative estimate of drug-likeness (QED) is 0.708. The van der Waals surface area contributed by atoms with Crippen LogP contribution in [0.2, 0.25) is 0 Å². The number of carbonyl (C=O) groups excluding carboxylic acids is 1. The van der Waals surface area contributed by atoms with E-state index in [1.807, 2.05) is 13.2 Å². The minimum Gasteiger partial charge on any atom is -0.352 e. The lowest BCUT2D eigenvalue weighted by atomic mass is 10.1. The Kier molecular flexibility index (Phi) is 13.3. The smallest absolute Gasteiger partial charge is 0.223 e. The lowest BCUT2D eigenvalue weighted by molar-refractivity contribution is -0.124. The molecule has 0 heterocycles. The van der Waals surface area contributed by atoms with Crippen molar-refractivity contribution in [3.8, 4) is 0 Å². The number of nitrogens with two attached hydrogens (primary N) is 1. The molecule has 0 aliphatic carbocycles. The highest BCUT2D eigenvalue weighted by atomic mass is 35.5. The summed E-state index contributed by atoms with van der Waals surface area (Å²) in [7, 11) is 0. The van der Waals surface area contributed by atoms with Gasteiger partial charge in [0.25, 0.3) is 0 Å². The third-order valence-corrected chi connectivity index (χ3v) is 3.23. The van der Waals surface area contributed by atoms with Gasteiger partial charge in [0.2, 0.25) is 5.91 Å². The Bertz CT molecular complexity index is 181. The molecule has 1 amide bonds. The molecule has 0 spiro atoms. The van der Waals surface area contributed by atoms with Gasteiger partial charge in [-0.25, -0.2) is 0 Å². The maximum atomic E-state index is 11.7. The SMILES string of the molecule is CCCCC(CN)NC(=O)C(C)CSC.Cl. The second-order valence-electron chi connectivity index (χ2n) is 3.94. The highest BCUT2D eigenvalue weighted by Gasteiger charge is 2.15. The molecule has 3 nitrogen and oxygen atoms in total. The van der Waals surface area contributed by atoms with Gasteiger partial charge in [0.1, 0.15) is 0 Å². The van der Waals surface area contributed by atoms with Crippen molar-refractivity contribution in [3.05, 3.63) is 0 Å². The second kappa shape index (κ2) is 11.6. The van der Waals surface area contributed by atoms with Crippen LogP contribution in [-0.4, -0.2) is 30.5 Å². The summed E-state index contributed by atoms with van der Waals surface area (Å²) in [4.78, 5) is 11.7. The van der Waals surface area contributed by atoms with Gasteiger partial charge in [-0.15, -0.1) is 12.4 Å². The first kappa shape index (κ1) is 18.4. The van der Waals surface area contributed by atoms with Crippen molar-refractivity contribution in [2.75, 3.05) is 18.6 Å². The second-order valence-corrected chi connectivity index (χ2v) is 4.85. The number of carbonyl (C=O) groups is 1. The van der Waals surface area contributed by atoms with E-state index < -0.39 is 0 Å². The maximum Gasteiger partial charge on any atom is 0.223 e. The molecule has 0 aliphatic rings. The summed E-state index contributed by atoms with van der Waals surface area (Å²) in [5.41, 5.74) is 5.62. The van der Waals surface area contributed by atoms with Crippen LogP contribution in [0, 0.1) is 5.92 Å². The monoisotopic (exact) mass is 268 g/mol.